The van der Waals surface area contributed by atoms with Crippen LogP contribution in [0.4, 0.5) is 0 Å². The van der Waals surface area contributed by atoms with Crippen LogP contribution in [0.1, 0.15) is 37.2 Å². The van der Waals surface area contributed by atoms with E-state index in [1.54, 1.807) is 6.20 Å². The summed E-state index contributed by atoms with van der Waals surface area (Å²) in [5, 5.41) is 5.02. The highest BCUT2D eigenvalue weighted by molar-refractivity contribution is 9.10. The number of hydrogen-bond acceptors (Lipinski definition) is 3. The topological polar surface area (TPSA) is 55.9 Å². The largest absolute Gasteiger partial charge is 0.271 e. The lowest BCUT2D eigenvalue weighted by Crippen LogP contribution is -2.31. The van der Waals surface area contributed by atoms with E-state index in [1.165, 1.54) is 0 Å². The molecule has 2 rings (SSSR count). The van der Waals surface area contributed by atoms with Gasteiger partial charge in [-0.05, 0) is 47.5 Å². The van der Waals surface area contributed by atoms with Crippen LogP contribution in [-0.4, -0.2) is 9.78 Å². The fraction of sp³-hybridized carbons (Fsp3) is 0.308. The molecule has 108 valence electrons. The molecule has 4 nitrogen and oxygen atoms in total. The second-order valence-corrected chi connectivity index (χ2v) is 6.86. The molecule has 0 fully saturated rings. The highest BCUT2D eigenvalue weighted by atomic mass is 79.9. The number of nitrogens with one attached hydrogen (secondary N) is 1. The molecule has 0 aliphatic carbocycles. The van der Waals surface area contributed by atoms with Crippen LogP contribution in [0.5, 0.6) is 0 Å². The Labute approximate surface area is 139 Å². The second-order valence-electron chi connectivity index (χ2n) is 4.68. The van der Waals surface area contributed by atoms with Crippen molar-refractivity contribution in [2.45, 2.75) is 25.9 Å². The van der Waals surface area contributed by atoms with Crippen LogP contribution < -0.4 is 11.3 Å². The molecule has 0 bridgehead atoms. The van der Waals surface area contributed by atoms with Crippen LogP contribution in [0.15, 0.2) is 33.3 Å². The molecule has 20 heavy (non-hydrogen) atoms. The van der Waals surface area contributed by atoms with Crippen molar-refractivity contribution in [2.75, 3.05) is 0 Å². The first kappa shape index (κ1) is 16.0. The van der Waals surface area contributed by atoms with Gasteiger partial charge in [-0.3, -0.25) is 10.5 Å². The molecule has 1 aromatic heterocycles. The van der Waals surface area contributed by atoms with Crippen molar-refractivity contribution in [3.63, 3.8) is 0 Å². The first-order valence-electron chi connectivity index (χ1n) is 6.09. The van der Waals surface area contributed by atoms with Crippen molar-refractivity contribution < 1.29 is 0 Å². The molecule has 2 aromatic rings. The van der Waals surface area contributed by atoms with E-state index < -0.39 is 0 Å². The third-order valence-corrected chi connectivity index (χ3v) is 4.42. The molecule has 0 aliphatic heterocycles. The predicted molar refractivity (Wildman–Crippen MR) is 88.6 cm³/mol. The third-order valence-electron chi connectivity index (χ3n) is 2.99. The average Bonchev–Trinajstić information content (AvgIpc) is 2.75. The van der Waals surface area contributed by atoms with Crippen LogP contribution in [0.25, 0.3) is 0 Å². The van der Waals surface area contributed by atoms with Crippen molar-refractivity contribution in [1.82, 2.24) is 15.2 Å². The number of nitrogens with zero attached hydrogens (tertiary/aromatic N) is 2. The summed E-state index contributed by atoms with van der Waals surface area (Å²) >= 11 is 13.3. The van der Waals surface area contributed by atoms with E-state index in [1.807, 2.05) is 22.9 Å². The standard InChI is InChI=1S/C13H15Br2ClN4/c1-7(2)20-13(10(15)6-18-20)12(19-17)9-4-3-8(14)5-11(9)16/h3-7,12,19H,17H2,1-2H3. The minimum absolute atomic E-state index is 0.223. The Morgan fingerprint density at radius 1 is 1.35 bits per heavy atom. The number of nitrogens with two attached hydrogens (primary N) is 1. The van der Waals surface area contributed by atoms with Crippen LogP contribution >= 0.6 is 43.5 Å². The Kier molecular flexibility index (Phi) is 5.25. The molecule has 1 atom stereocenters. The molecular weight excluding hydrogens is 407 g/mol. The van der Waals surface area contributed by atoms with Crippen molar-refractivity contribution >= 4 is 43.5 Å². The zero-order chi connectivity index (χ0) is 14.9. The summed E-state index contributed by atoms with van der Waals surface area (Å²) in [6.45, 7) is 4.14. The van der Waals surface area contributed by atoms with Gasteiger partial charge in [-0.15, -0.1) is 0 Å². The van der Waals surface area contributed by atoms with E-state index in [0.717, 1.165) is 20.2 Å². The van der Waals surface area contributed by atoms with E-state index in [9.17, 15) is 0 Å². The van der Waals surface area contributed by atoms with Crippen LogP contribution in [0.3, 0.4) is 0 Å². The highest BCUT2D eigenvalue weighted by Gasteiger charge is 2.24. The summed E-state index contributed by atoms with van der Waals surface area (Å²) in [4.78, 5) is 0. The molecular formula is C13H15Br2ClN4. The highest BCUT2D eigenvalue weighted by Crippen LogP contribution is 2.34. The maximum Gasteiger partial charge on any atom is 0.0904 e. The molecule has 7 heteroatoms. The van der Waals surface area contributed by atoms with E-state index in [0.29, 0.717) is 5.02 Å². The van der Waals surface area contributed by atoms with E-state index in [2.05, 4.69) is 56.2 Å². The normalized spacial score (nSPS) is 12.9. The Morgan fingerprint density at radius 2 is 2.05 bits per heavy atom. The average molecular weight is 423 g/mol. The number of hydrogen-bond donors (Lipinski definition) is 2. The van der Waals surface area contributed by atoms with Crippen LogP contribution in [0, 0.1) is 0 Å². The lowest BCUT2D eigenvalue weighted by atomic mass is 10.0. The number of rotatable bonds is 4. The zero-order valence-electron chi connectivity index (χ0n) is 11.1. The third kappa shape index (κ3) is 3.09. The van der Waals surface area contributed by atoms with Gasteiger partial charge >= 0.3 is 0 Å². The lowest BCUT2D eigenvalue weighted by molar-refractivity contribution is 0.475. The van der Waals surface area contributed by atoms with Gasteiger partial charge in [0, 0.05) is 15.5 Å². The molecule has 0 saturated carbocycles. The number of hydrazine groups is 1. The van der Waals surface area contributed by atoms with Gasteiger partial charge in [0.25, 0.3) is 0 Å². The molecule has 1 aromatic carbocycles. The minimum atomic E-state index is -0.241. The van der Waals surface area contributed by atoms with Crippen molar-refractivity contribution in [2.24, 2.45) is 5.84 Å². The Balaban J connectivity index is 2.55. The van der Waals surface area contributed by atoms with Gasteiger partial charge in [-0.2, -0.15) is 5.10 Å². The molecule has 3 N–H and O–H groups in total. The molecule has 0 aliphatic rings. The summed E-state index contributed by atoms with van der Waals surface area (Å²) in [5.41, 5.74) is 4.68. The smallest absolute Gasteiger partial charge is 0.0904 e. The number of halogens is 3. The summed E-state index contributed by atoms with van der Waals surface area (Å²) in [6, 6.07) is 5.72. The Bertz CT molecular complexity index is 612. The van der Waals surface area contributed by atoms with Crippen molar-refractivity contribution in [3.05, 3.63) is 49.6 Å². The number of aromatic nitrogens is 2. The summed E-state index contributed by atoms with van der Waals surface area (Å²) in [7, 11) is 0. The van der Waals surface area contributed by atoms with Crippen molar-refractivity contribution in [1.29, 1.82) is 0 Å². The fourth-order valence-electron chi connectivity index (χ4n) is 2.08. The summed E-state index contributed by atoms with van der Waals surface area (Å²) in [6.07, 6.45) is 1.77. The first-order valence-corrected chi connectivity index (χ1v) is 8.06. The molecule has 1 heterocycles. The lowest BCUT2D eigenvalue weighted by Gasteiger charge is -2.21. The quantitative estimate of drug-likeness (QED) is 0.574. The zero-order valence-corrected chi connectivity index (χ0v) is 15.0. The fourth-order valence-corrected chi connectivity index (χ4v) is 3.37. The molecule has 0 spiro atoms. The van der Waals surface area contributed by atoms with Gasteiger partial charge in [0.1, 0.15) is 0 Å². The molecule has 0 radical (unpaired) electrons. The van der Waals surface area contributed by atoms with E-state index >= 15 is 0 Å². The van der Waals surface area contributed by atoms with E-state index in [4.69, 9.17) is 17.4 Å². The van der Waals surface area contributed by atoms with Gasteiger partial charge in [0.15, 0.2) is 0 Å². The Hall–Kier alpha value is -0.400. The molecule has 1 unspecified atom stereocenters. The number of benzene rings is 1. The predicted octanol–water partition coefficient (Wildman–Crippen LogP) is 4.20. The molecule has 0 amide bonds. The first-order chi connectivity index (χ1) is 9.45. The van der Waals surface area contributed by atoms with Gasteiger partial charge in [0.2, 0.25) is 0 Å². The van der Waals surface area contributed by atoms with Crippen LogP contribution in [0.2, 0.25) is 5.02 Å². The second kappa shape index (κ2) is 6.58. The Morgan fingerprint density at radius 3 is 2.60 bits per heavy atom. The SMILES string of the molecule is CC(C)n1ncc(Br)c1C(NN)c1ccc(Br)cc1Cl. The van der Waals surface area contributed by atoms with Crippen LogP contribution in [-0.2, 0) is 0 Å². The maximum atomic E-state index is 6.33. The van der Waals surface area contributed by atoms with Gasteiger partial charge in [-0.25, -0.2) is 5.43 Å². The van der Waals surface area contributed by atoms with Gasteiger partial charge in [-0.1, -0.05) is 33.6 Å². The summed E-state index contributed by atoms with van der Waals surface area (Å²) in [5.74, 6) is 5.76. The van der Waals surface area contributed by atoms with Gasteiger partial charge in [0.05, 0.1) is 22.4 Å². The summed E-state index contributed by atoms with van der Waals surface area (Å²) < 4.78 is 3.75. The van der Waals surface area contributed by atoms with E-state index in [-0.39, 0.29) is 12.1 Å². The maximum absolute atomic E-state index is 6.33. The monoisotopic (exact) mass is 420 g/mol. The van der Waals surface area contributed by atoms with Crippen molar-refractivity contribution in [3.8, 4) is 0 Å². The van der Waals surface area contributed by atoms with Gasteiger partial charge < -0.3 is 0 Å². The molecule has 0 saturated heterocycles. The minimum Gasteiger partial charge on any atom is -0.271 e.